The average molecular weight is 509 g/mol. The van der Waals surface area contributed by atoms with E-state index in [0.717, 1.165) is 36.1 Å². The molecule has 0 bridgehead atoms. The molecule has 0 aliphatic heterocycles. The first-order valence-corrected chi connectivity index (χ1v) is 13.3. The van der Waals surface area contributed by atoms with E-state index in [1.165, 1.54) is 11.1 Å². The number of fused-ring (bicyclic) bond motifs is 2. The number of nitrogens with zero attached hydrogens (tertiary/aromatic N) is 1. The van der Waals surface area contributed by atoms with E-state index < -0.39 is 0 Å². The first-order valence-electron chi connectivity index (χ1n) is 13.3. The molecule has 3 aromatic carbocycles. The molecular formula is C32H32N2O4. The number of nitrogens with one attached hydrogen (secondary N) is 1. The quantitative estimate of drug-likeness (QED) is 0.346. The lowest BCUT2D eigenvalue weighted by Crippen LogP contribution is -2.20. The normalized spacial score (nSPS) is 18.9. The van der Waals surface area contributed by atoms with Gasteiger partial charge in [-0.2, -0.15) is 5.26 Å². The maximum atomic E-state index is 13.5. The van der Waals surface area contributed by atoms with E-state index >= 15 is 0 Å². The van der Waals surface area contributed by atoms with Crippen LogP contribution in [-0.2, 0) is 39.2 Å². The maximum absolute atomic E-state index is 13.5. The van der Waals surface area contributed by atoms with Crippen LogP contribution in [-0.4, -0.2) is 18.5 Å². The van der Waals surface area contributed by atoms with Gasteiger partial charge in [0.05, 0.1) is 18.2 Å². The van der Waals surface area contributed by atoms with Gasteiger partial charge in [0, 0.05) is 23.4 Å². The number of ether oxygens (including phenoxy) is 2. The zero-order valence-electron chi connectivity index (χ0n) is 21.7. The highest BCUT2D eigenvalue weighted by Gasteiger charge is 2.61. The van der Waals surface area contributed by atoms with Crippen molar-refractivity contribution in [3.8, 4) is 11.8 Å². The van der Waals surface area contributed by atoms with Gasteiger partial charge in [-0.1, -0.05) is 42.5 Å². The minimum atomic E-state index is -0.223. The van der Waals surface area contributed by atoms with Crippen molar-refractivity contribution in [2.45, 2.75) is 57.5 Å². The molecule has 0 heterocycles. The van der Waals surface area contributed by atoms with Gasteiger partial charge < -0.3 is 14.8 Å². The smallest absolute Gasteiger partial charge is 0.305 e. The molecule has 0 radical (unpaired) electrons. The second-order valence-electron chi connectivity index (χ2n) is 10.1. The Morgan fingerprint density at radius 3 is 2.74 bits per heavy atom. The number of benzene rings is 3. The zero-order chi connectivity index (χ0) is 26.5. The van der Waals surface area contributed by atoms with Crippen LogP contribution in [0, 0.1) is 17.2 Å². The van der Waals surface area contributed by atoms with Crippen LogP contribution in [0.4, 0.5) is 5.69 Å². The van der Waals surface area contributed by atoms with E-state index in [0.29, 0.717) is 43.7 Å². The van der Waals surface area contributed by atoms with Gasteiger partial charge in [-0.15, -0.1) is 0 Å². The maximum Gasteiger partial charge on any atom is 0.305 e. The summed E-state index contributed by atoms with van der Waals surface area (Å²) < 4.78 is 11.1. The third-order valence-corrected chi connectivity index (χ3v) is 7.73. The number of aryl methyl sites for hydroxylation is 2. The Labute approximate surface area is 223 Å². The molecule has 1 N–H and O–H groups in total. The van der Waals surface area contributed by atoms with Crippen molar-refractivity contribution in [1.82, 2.24) is 0 Å². The Kier molecular flexibility index (Phi) is 7.46. The van der Waals surface area contributed by atoms with E-state index in [4.69, 9.17) is 9.47 Å². The molecule has 1 spiro atoms. The second-order valence-corrected chi connectivity index (χ2v) is 10.1. The SMILES string of the molecule is CCOC(=O)CCCc1ccc(C#N)cc1NC(=O)C1CC12CCc1ccc(OCc3ccccc3)cc12. The van der Waals surface area contributed by atoms with E-state index in [9.17, 15) is 14.9 Å². The van der Waals surface area contributed by atoms with E-state index in [2.05, 4.69) is 23.5 Å². The fraction of sp³-hybridized carbons (Fsp3) is 0.344. The lowest BCUT2D eigenvalue weighted by Gasteiger charge is -2.15. The van der Waals surface area contributed by atoms with Gasteiger partial charge in [0.15, 0.2) is 0 Å². The number of amides is 1. The van der Waals surface area contributed by atoms with Gasteiger partial charge in [-0.05, 0) is 85.5 Å². The van der Waals surface area contributed by atoms with Crippen LogP contribution in [0.5, 0.6) is 5.75 Å². The van der Waals surface area contributed by atoms with Crippen LogP contribution < -0.4 is 10.1 Å². The molecule has 38 heavy (non-hydrogen) atoms. The van der Waals surface area contributed by atoms with Crippen molar-refractivity contribution in [3.05, 3.63) is 94.5 Å². The van der Waals surface area contributed by atoms with Gasteiger partial charge in [-0.25, -0.2) is 0 Å². The molecular weight excluding hydrogens is 476 g/mol. The van der Waals surface area contributed by atoms with Gasteiger partial charge in [0.1, 0.15) is 12.4 Å². The molecule has 5 rings (SSSR count). The predicted molar refractivity (Wildman–Crippen MR) is 145 cm³/mol. The molecule has 0 saturated heterocycles. The Morgan fingerprint density at radius 1 is 1.11 bits per heavy atom. The summed E-state index contributed by atoms with van der Waals surface area (Å²) in [6, 6.07) is 23.9. The van der Waals surface area contributed by atoms with Crippen LogP contribution >= 0.6 is 0 Å². The summed E-state index contributed by atoms with van der Waals surface area (Å²) in [5, 5.41) is 12.5. The highest BCUT2D eigenvalue weighted by Crippen LogP contribution is 2.62. The average Bonchev–Trinajstić information content (AvgIpc) is 3.57. The molecule has 6 heteroatoms. The first-order chi connectivity index (χ1) is 18.5. The standard InChI is InChI=1S/C32H32N2O4/c1-2-37-30(35)10-6-9-25-12-11-23(20-33)17-29(25)34-31(36)28-19-32(28)16-15-24-13-14-26(18-27(24)32)38-21-22-7-4-3-5-8-22/h3-5,7-8,11-14,17-18,28H,2,6,9-10,15-16,19,21H2,1H3,(H,34,36). The van der Waals surface area contributed by atoms with E-state index in [1.54, 1.807) is 19.1 Å². The minimum Gasteiger partial charge on any atom is -0.489 e. The Morgan fingerprint density at radius 2 is 1.95 bits per heavy atom. The number of hydrogen-bond acceptors (Lipinski definition) is 5. The topological polar surface area (TPSA) is 88.4 Å². The number of hydrogen-bond donors (Lipinski definition) is 1. The van der Waals surface area contributed by atoms with Gasteiger partial charge in [-0.3, -0.25) is 9.59 Å². The summed E-state index contributed by atoms with van der Waals surface area (Å²) in [7, 11) is 0. The summed E-state index contributed by atoms with van der Waals surface area (Å²) in [5.74, 6) is 0.464. The predicted octanol–water partition coefficient (Wildman–Crippen LogP) is 5.87. The van der Waals surface area contributed by atoms with Crippen molar-refractivity contribution in [1.29, 1.82) is 5.26 Å². The lowest BCUT2D eigenvalue weighted by atomic mass is 9.94. The van der Waals surface area contributed by atoms with Crippen LogP contribution in [0.2, 0.25) is 0 Å². The van der Waals surface area contributed by atoms with Crippen LogP contribution in [0.1, 0.15) is 60.4 Å². The number of nitriles is 1. The van der Waals surface area contributed by atoms with Crippen molar-refractivity contribution < 1.29 is 19.1 Å². The first kappa shape index (κ1) is 25.5. The molecule has 6 nitrogen and oxygen atoms in total. The summed E-state index contributed by atoms with van der Waals surface area (Å²) in [6.07, 6.45) is 4.26. The molecule has 1 saturated carbocycles. The molecule has 2 aliphatic rings. The number of esters is 1. The van der Waals surface area contributed by atoms with Gasteiger partial charge in [0.2, 0.25) is 5.91 Å². The highest BCUT2D eigenvalue weighted by molar-refractivity contribution is 5.97. The van der Waals surface area contributed by atoms with Crippen LogP contribution in [0.25, 0.3) is 0 Å². The number of anilines is 1. The largest absolute Gasteiger partial charge is 0.489 e. The molecule has 0 aromatic heterocycles. The van der Waals surface area contributed by atoms with Crippen LogP contribution in [0.15, 0.2) is 66.7 Å². The van der Waals surface area contributed by atoms with E-state index in [-0.39, 0.29) is 23.2 Å². The summed E-state index contributed by atoms with van der Waals surface area (Å²) in [6.45, 7) is 2.66. The fourth-order valence-electron chi connectivity index (χ4n) is 5.64. The lowest BCUT2D eigenvalue weighted by molar-refractivity contribution is -0.143. The van der Waals surface area contributed by atoms with Crippen molar-refractivity contribution in [3.63, 3.8) is 0 Å². The summed E-state index contributed by atoms with van der Waals surface area (Å²) in [5.41, 5.74) is 5.54. The molecule has 3 aromatic rings. The monoisotopic (exact) mass is 508 g/mol. The van der Waals surface area contributed by atoms with Gasteiger partial charge in [0.25, 0.3) is 0 Å². The third-order valence-electron chi connectivity index (χ3n) is 7.73. The Balaban J connectivity index is 1.27. The Bertz CT molecular complexity index is 1380. The molecule has 2 atom stereocenters. The number of carbonyl (C=O) groups is 2. The van der Waals surface area contributed by atoms with Crippen molar-refractivity contribution in [2.75, 3.05) is 11.9 Å². The summed E-state index contributed by atoms with van der Waals surface area (Å²) in [4.78, 5) is 25.2. The summed E-state index contributed by atoms with van der Waals surface area (Å²) >= 11 is 0. The zero-order valence-corrected chi connectivity index (χ0v) is 21.7. The van der Waals surface area contributed by atoms with Crippen molar-refractivity contribution >= 4 is 17.6 Å². The van der Waals surface area contributed by atoms with Crippen molar-refractivity contribution in [2.24, 2.45) is 5.92 Å². The van der Waals surface area contributed by atoms with Crippen LogP contribution in [0.3, 0.4) is 0 Å². The molecule has 1 fully saturated rings. The number of rotatable bonds is 10. The van der Waals surface area contributed by atoms with Gasteiger partial charge >= 0.3 is 5.97 Å². The second kappa shape index (κ2) is 11.1. The molecule has 2 aliphatic carbocycles. The number of carbonyl (C=O) groups excluding carboxylic acids is 2. The highest BCUT2D eigenvalue weighted by atomic mass is 16.5. The molecule has 1 amide bonds. The molecule has 2 unspecified atom stereocenters. The molecule has 194 valence electrons. The van der Waals surface area contributed by atoms with E-state index in [1.807, 2.05) is 42.5 Å². The minimum absolute atomic E-state index is 0.0183. The third kappa shape index (κ3) is 5.43. The fourth-order valence-corrected chi connectivity index (χ4v) is 5.64. The Hall–Kier alpha value is -4.11.